The Balaban J connectivity index is 1.91. The summed E-state index contributed by atoms with van der Waals surface area (Å²) in [5.74, 6) is -1.04. The van der Waals surface area contributed by atoms with E-state index in [1.165, 1.54) is 17.2 Å². The van der Waals surface area contributed by atoms with Gasteiger partial charge in [-0.3, -0.25) is 4.79 Å². The molecule has 0 spiro atoms. The van der Waals surface area contributed by atoms with Crippen LogP contribution < -0.4 is 9.47 Å². The lowest BCUT2D eigenvalue weighted by molar-refractivity contribution is 0.0890. The Morgan fingerprint density at radius 2 is 1.91 bits per heavy atom. The minimum atomic E-state index is -0.787. The first-order valence-electron chi connectivity index (χ1n) is 10.6. The summed E-state index contributed by atoms with van der Waals surface area (Å²) in [4.78, 5) is 13.1. The normalized spacial score (nSPS) is 15.7. The summed E-state index contributed by atoms with van der Waals surface area (Å²) in [6.07, 6.45) is 6.59. The highest BCUT2D eigenvalue weighted by Gasteiger charge is 2.35. The molecule has 0 fully saturated rings. The summed E-state index contributed by atoms with van der Waals surface area (Å²) in [5, 5.41) is 30.9. The van der Waals surface area contributed by atoms with Gasteiger partial charge in [0.25, 0.3) is 0 Å². The number of methoxy groups -OCH3 is 1. The quantitative estimate of drug-likeness (QED) is 0.501. The van der Waals surface area contributed by atoms with Gasteiger partial charge in [-0.25, -0.2) is 0 Å². The lowest BCUT2D eigenvalue weighted by Gasteiger charge is -2.26. The molecule has 2 aromatic rings. The Morgan fingerprint density at radius 1 is 1.16 bits per heavy atom. The molecule has 3 N–H and O–H groups in total. The van der Waals surface area contributed by atoms with Gasteiger partial charge in [0, 0.05) is 23.3 Å². The maximum atomic E-state index is 13.1. The van der Waals surface area contributed by atoms with E-state index >= 15 is 0 Å². The van der Waals surface area contributed by atoms with E-state index in [9.17, 15) is 20.1 Å². The zero-order valence-corrected chi connectivity index (χ0v) is 18.9. The highest BCUT2D eigenvalue weighted by atomic mass is 16.5. The zero-order chi connectivity index (χ0) is 23.4. The van der Waals surface area contributed by atoms with Crippen LogP contribution in [0.25, 0.3) is 0 Å². The molecule has 1 atom stereocenters. The van der Waals surface area contributed by atoms with Crippen molar-refractivity contribution in [2.24, 2.45) is 0 Å². The van der Waals surface area contributed by atoms with Crippen molar-refractivity contribution in [2.45, 2.75) is 46.0 Å². The second-order valence-electron chi connectivity index (χ2n) is 8.32. The van der Waals surface area contributed by atoms with Crippen molar-refractivity contribution in [3.8, 4) is 28.7 Å². The Kier molecular flexibility index (Phi) is 7.13. The van der Waals surface area contributed by atoms with Gasteiger partial charge in [0.05, 0.1) is 13.0 Å². The molecule has 1 aliphatic heterocycles. The molecule has 1 aliphatic rings. The van der Waals surface area contributed by atoms with E-state index in [1.807, 2.05) is 0 Å². The molecule has 6 heteroatoms. The Labute approximate surface area is 188 Å². The van der Waals surface area contributed by atoms with Crippen molar-refractivity contribution in [1.29, 1.82) is 0 Å². The highest BCUT2D eigenvalue weighted by molar-refractivity contribution is 6.07. The predicted molar refractivity (Wildman–Crippen MR) is 123 cm³/mol. The summed E-state index contributed by atoms with van der Waals surface area (Å²) in [6, 6.07) is 5.78. The Morgan fingerprint density at radius 3 is 2.59 bits per heavy atom. The molecule has 1 heterocycles. The fourth-order valence-electron chi connectivity index (χ4n) is 3.87. The van der Waals surface area contributed by atoms with Crippen molar-refractivity contribution in [3.63, 3.8) is 0 Å². The third-order valence-electron chi connectivity index (χ3n) is 5.65. The number of Topliss-reactive ketones (excluding diaryl/α,β-unsaturated/α-hetero) is 1. The first kappa shape index (κ1) is 23.3. The smallest absolute Gasteiger partial charge is 0.181 e. The maximum absolute atomic E-state index is 13.1. The average molecular weight is 439 g/mol. The predicted octanol–water partition coefficient (Wildman–Crippen LogP) is 5.41. The van der Waals surface area contributed by atoms with Crippen LogP contribution in [-0.2, 0) is 6.42 Å². The summed E-state index contributed by atoms with van der Waals surface area (Å²) < 4.78 is 11.1. The van der Waals surface area contributed by atoms with Crippen LogP contribution in [0.3, 0.4) is 0 Å². The van der Waals surface area contributed by atoms with Crippen LogP contribution in [0.2, 0.25) is 0 Å². The van der Waals surface area contributed by atoms with E-state index in [2.05, 4.69) is 32.9 Å². The van der Waals surface area contributed by atoms with Crippen LogP contribution >= 0.6 is 0 Å². The van der Waals surface area contributed by atoms with Crippen LogP contribution in [0.15, 0.2) is 47.6 Å². The monoisotopic (exact) mass is 438 g/mol. The number of phenols is 3. The van der Waals surface area contributed by atoms with E-state index in [0.29, 0.717) is 23.3 Å². The SMILES string of the molecule is COc1ccc(C2COc3cc(O)cc(O)c3C2=O)c(O)c1CC=C(C)CCC=C(C)C. The fraction of sp³-hybridized carbons (Fsp3) is 0.346. The second-order valence-corrected chi connectivity index (χ2v) is 8.32. The van der Waals surface area contributed by atoms with Gasteiger partial charge >= 0.3 is 0 Å². The number of ether oxygens (including phenoxy) is 2. The van der Waals surface area contributed by atoms with Gasteiger partial charge in [-0.05, 0) is 46.1 Å². The molecule has 1 unspecified atom stereocenters. The van der Waals surface area contributed by atoms with Crippen molar-refractivity contribution in [1.82, 2.24) is 0 Å². The van der Waals surface area contributed by atoms with Crippen molar-refractivity contribution in [2.75, 3.05) is 13.7 Å². The number of allylic oxidation sites excluding steroid dienone is 4. The van der Waals surface area contributed by atoms with Crippen molar-refractivity contribution < 1.29 is 29.6 Å². The third kappa shape index (κ3) is 4.90. The molecule has 0 aromatic heterocycles. The van der Waals surface area contributed by atoms with Gasteiger partial charge in [0.2, 0.25) is 0 Å². The molecule has 0 saturated carbocycles. The largest absolute Gasteiger partial charge is 0.508 e. The molecule has 6 nitrogen and oxygen atoms in total. The first-order valence-corrected chi connectivity index (χ1v) is 10.6. The molecule has 3 rings (SSSR count). The van der Waals surface area contributed by atoms with Gasteiger partial charge in [-0.15, -0.1) is 0 Å². The van der Waals surface area contributed by atoms with Gasteiger partial charge in [0.15, 0.2) is 5.78 Å². The summed E-state index contributed by atoms with van der Waals surface area (Å²) >= 11 is 0. The van der Waals surface area contributed by atoms with Crippen LogP contribution in [0, 0.1) is 0 Å². The molecule has 0 aliphatic carbocycles. The molecule has 0 bridgehead atoms. The number of fused-ring (bicyclic) bond motifs is 1. The van der Waals surface area contributed by atoms with Gasteiger partial charge in [-0.1, -0.05) is 29.4 Å². The van der Waals surface area contributed by atoms with E-state index in [0.717, 1.165) is 18.9 Å². The highest BCUT2D eigenvalue weighted by Crippen LogP contribution is 2.43. The topological polar surface area (TPSA) is 96.2 Å². The van der Waals surface area contributed by atoms with Crippen molar-refractivity contribution in [3.05, 3.63) is 64.3 Å². The number of ketones is 1. The molecule has 32 heavy (non-hydrogen) atoms. The lowest BCUT2D eigenvalue weighted by Crippen LogP contribution is -2.26. The number of phenolic OH excluding ortho intramolecular Hbond substituents is 3. The van der Waals surface area contributed by atoms with Crippen molar-refractivity contribution >= 4 is 5.78 Å². The van der Waals surface area contributed by atoms with Crippen LogP contribution in [0.5, 0.6) is 28.7 Å². The minimum Gasteiger partial charge on any atom is -0.508 e. The lowest BCUT2D eigenvalue weighted by atomic mass is 9.86. The van der Waals surface area contributed by atoms with Crippen LogP contribution in [0.1, 0.15) is 61.0 Å². The molecular weight excluding hydrogens is 408 g/mol. The maximum Gasteiger partial charge on any atom is 0.181 e. The van der Waals surface area contributed by atoms with E-state index in [-0.39, 0.29) is 41.0 Å². The molecule has 2 aromatic carbocycles. The first-order chi connectivity index (χ1) is 15.2. The Hall–Kier alpha value is -3.41. The molecule has 0 amide bonds. The Bertz CT molecular complexity index is 1080. The molecule has 0 radical (unpaired) electrons. The van der Waals surface area contributed by atoms with Gasteiger partial charge in [-0.2, -0.15) is 0 Å². The summed E-state index contributed by atoms with van der Waals surface area (Å²) in [7, 11) is 1.54. The van der Waals surface area contributed by atoms with E-state index < -0.39 is 5.92 Å². The number of carbonyl (C=O) groups is 1. The fourth-order valence-corrected chi connectivity index (χ4v) is 3.87. The number of carbonyl (C=O) groups excluding carboxylic acids is 1. The molecule has 0 saturated heterocycles. The molecular formula is C26H30O6. The number of benzene rings is 2. The number of hydrogen-bond acceptors (Lipinski definition) is 6. The van der Waals surface area contributed by atoms with Gasteiger partial charge < -0.3 is 24.8 Å². The summed E-state index contributed by atoms with van der Waals surface area (Å²) in [6.45, 7) is 6.20. The molecule has 170 valence electrons. The number of aromatic hydroxyl groups is 3. The van der Waals surface area contributed by atoms with E-state index in [1.54, 1.807) is 19.2 Å². The minimum absolute atomic E-state index is 0.00540. The zero-order valence-electron chi connectivity index (χ0n) is 18.9. The number of hydrogen-bond donors (Lipinski definition) is 3. The third-order valence-corrected chi connectivity index (χ3v) is 5.65. The number of rotatable bonds is 7. The second kappa shape index (κ2) is 9.81. The average Bonchev–Trinajstić information content (AvgIpc) is 2.72. The standard InChI is InChI=1S/C26H30O6/c1-15(2)6-5-7-16(3)8-9-19-22(31-4)11-10-18(25(19)29)20-14-32-23-13-17(27)12-21(28)24(23)26(20)30/h6,8,10-13,20,27-29H,5,7,9,14H2,1-4H3. The van der Waals surface area contributed by atoms with E-state index in [4.69, 9.17) is 9.47 Å². The van der Waals surface area contributed by atoms with Gasteiger partial charge in [0.1, 0.15) is 40.9 Å². The summed E-state index contributed by atoms with van der Waals surface area (Å²) in [5.41, 5.74) is 3.50. The van der Waals surface area contributed by atoms with Crippen LogP contribution in [0.4, 0.5) is 0 Å². The van der Waals surface area contributed by atoms with Crippen LogP contribution in [-0.4, -0.2) is 34.8 Å².